The van der Waals surface area contributed by atoms with Crippen LogP contribution < -0.4 is 5.32 Å². The lowest BCUT2D eigenvalue weighted by Crippen LogP contribution is -2.51. The molecule has 1 fully saturated rings. The van der Waals surface area contributed by atoms with Crippen molar-refractivity contribution >= 4 is 11.7 Å². The third kappa shape index (κ3) is 4.44. The summed E-state index contributed by atoms with van der Waals surface area (Å²) in [4.78, 5) is 16.4. The molecule has 1 N–H and O–H groups in total. The first kappa shape index (κ1) is 15.8. The number of anilines is 1. The number of carbonyl (C=O) groups is 1. The molecule has 2 rings (SSSR count). The third-order valence-corrected chi connectivity index (χ3v) is 3.74. The monoisotopic (exact) mass is 295 g/mol. The standard InChI is InChI=1S/C14H25N5O2/c1-12(2)17-4-6-18(7-5-17)14(20)16-13-10-15-19(11-13)8-9-21-3/h10-12H,4-9H2,1-3H3,(H,16,20). The van der Waals surface area contributed by atoms with Crippen molar-refractivity contribution in [2.24, 2.45) is 0 Å². The number of hydrogen-bond donors (Lipinski definition) is 1. The van der Waals surface area contributed by atoms with Gasteiger partial charge < -0.3 is 15.0 Å². The van der Waals surface area contributed by atoms with Crippen LogP contribution in [0.25, 0.3) is 0 Å². The molecular weight excluding hydrogens is 270 g/mol. The van der Waals surface area contributed by atoms with Gasteiger partial charge in [-0.15, -0.1) is 0 Å². The predicted octanol–water partition coefficient (Wildman–Crippen LogP) is 1.09. The molecule has 1 aromatic rings. The van der Waals surface area contributed by atoms with Crippen molar-refractivity contribution in [1.82, 2.24) is 19.6 Å². The van der Waals surface area contributed by atoms with Gasteiger partial charge in [-0.25, -0.2) is 4.79 Å². The van der Waals surface area contributed by atoms with Crippen molar-refractivity contribution < 1.29 is 9.53 Å². The van der Waals surface area contributed by atoms with Crippen molar-refractivity contribution in [1.29, 1.82) is 0 Å². The zero-order valence-electron chi connectivity index (χ0n) is 13.1. The lowest BCUT2D eigenvalue weighted by Gasteiger charge is -2.36. The number of nitrogens with zero attached hydrogens (tertiary/aromatic N) is 4. The molecule has 0 aliphatic carbocycles. The van der Waals surface area contributed by atoms with Gasteiger partial charge in [-0.1, -0.05) is 0 Å². The first-order valence-corrected chi connectivity index (χ1v) is 7.41. The first-order chi connectivity index (χ1) is 10.1. The van der Waals surface area contributed by atoms with Gasteiger partial charge in [0.05, 0.1) is 25.0 Å². The summed E-state index contributed by atoms with van der Waals surface area (Å²) in [5.41, 5.74) is 0.724. The van der Waals surface area contributed by atoms with Crippen LogP contribution in [0.5, 0.6) is 0 Å². The summed E-state index contributed by atoms with van der Waals surface area (Å²) in [5, 5.41) is 7.08. The molecule has 21 heavy (non-hydrogen) atoms. The normalized spacial score (nSPS) is 16.5. The van der Waals surface area contributed by atoms with E-state index in [0.717, 1.165) is 31.9 Å². The quantitative estimate of drug-likeness (QED) is 0.883. The van der Waals surface area contributed by atoms with Crippen molar-refractivity contribution in [3.8, 4) is 0 Å². The fraction of sp³-hybridized carbons (Fsp3) is 0.714. The van der Waals surface area contributed by atoms with Crippen LogP contribution in [0.2, 0.25) is 0 Å². The minimum Gasteiger partial charge on any atom is -0.383 e. The molecule has 0 atom stereocenters. The van der Waals surface area contributed by atoms with Gasteiger partial charge in [-0.2, -0.15) is 5.10 Å². The van der Waals surface area contributed by atoms with E-state index in [1.165, 1.54) is 0 Å². The van der Waals surface area contributed by atoms with Crippen LogP contribution in [0.4, 0.5) is 10.5 Å². The predicted molar refractivity (Wildman–Crippen MR) is 81.4 cm³/mol. The number of urea groups is 1. The second kappa shape index (κ2) is 7.42. The zero-order chi connectivity index (χ0) is 15.2. The largest absolute Gasteiger partial charge is 0.383 e. The molecule has 1 aromatic heterocycles. The van der Waals surface area contributed by atoms with Gasteiger partial charge in [0.1, 0.15) is 0 Å². The molecule has 1 aliphatic heterocycles. The van der Waals surface area contributed by atoms with Crippen molar-refractivity contribution in [2.45, 2.75) is 26.4 Å². The van der Waals surface area contributed by atoms with E-state index in [1.807, 2.05) is 11.1 Å². The summed E-state index contributed by atoms with van der Waals surface area (Å²) >= 11 is 0. The fourth-order valence-electron chi connectivity index (χ4n) is 2.38. The maximum absolute atomic E-state index is 12.2. The molecule has 7 nitrogen and oxygen atoms in total. The molecule has 2 amide bonds. The Morgan fingerprint density at radius 1 is 1.38 bits per heavy atom. The summed E-state index contributed by atoms with van der Waals surface area (Å²) in [5.74, 6) is 0. The summed E-state index contributed by atoms with van der Waals surface area (Å²) in [7, 11) is 1.66. The average Bonchev–Trinajstić information content (AvgIpc) is 2.92. The van der Waals surface area contributed by atoms with Gasteiger partial charge in [0, 0.05) is 45.5 Å². The molecule has 0 aromatic carbocycles. The fourth-order valence-corrected chi connectivity index (χ4v) is 2.38. The maximum Gasteiger partial charge on any atom is 0.322 e. The molecule has 0 radical (unpaired) electrons. The molecule has 0 bridgehead atoms. The number of rotatable bonds is 5. The Balaban J connectivity index is 1.80. The number of hydrogen-bond acceptors (Lipinski definition) is 4. The Hall–Kier alpha value is -1.60. The van der Waals surface area contributed by atoms with E-state index >= 15 is 0 Å². The summed E-state index contributed by atoms with van der Waals surface area (Å²) < 4.78 is 6.76. The Morgan fingerprint density at radius 2 is 2.10 bits per heavy atom. The van der Waals surface area contributed by atoms with E-state index < -0.39 is 0 Å². The van der Waals surface area contributed by atoms with Crippen molar-refractivity contribution in [2.75, 3.05) is 45.2 Å². The number of carbonyl (C=O) groups excluding carboxylic acids is 1. The summed E-state index contributed by atoms with van der Waals surface area (Å²) in [6.45, 7) is 9.04. The Morgan fingerprint density at radius 3 is 2.71 bits per heavy atom. The average molecular weight is 295 g/mol. The summed E-state index contributed by atoms with van der Waals surface area (Å²) in [6, 6.07) is 0.485. The number of methoxy groups -OCH3 is 1. The second-order valence-corrected chi connectivity index (χ2v) is 5.53. The van der Waals surface area contributed by atoms with Crippen LogP contribution in [-0.4, -0.2) is 71.5 Å². The van der Waals surface area contributed by atoms with Crippen LogP contribution in [0, 0.1) is 0 Å². The van der Waals surface area contributed by atoms with E-state index in [1.54, 1.807) is 18.0 Å². The lowest BCUT2D eigenvalue weighted by molar-refractivity contribution is 0.125. The van der Waals surface area contributed by atoms with E-state index in [-0.39, 0.29) is 6.03 Å². The smallest absolute Gasteiger partial charge is 0.322 e. The van der Waals surface area contributed by atoms with E-state index in [9.17, 15) is 4.79 Å². The van der Waals surface area contributed by atoms with Crippen LogP contribution >= 0.6 is 0 Å². The van der Waals surface area contributed by atoms with Crippen LogP contribution in [0.3, 0.4) is 0 Å². The van der Waals surface area contributed by atoms with E-state index in [2.05, 4.69) is 29.2 Å². The van der Waals surface area contributed by atoms with Gasteiger partial charge in [0.2, 0.25) is 0 Å². The number of nitrogens with one attached hydrogen (secondary N) is 1. The topological polar surface area (TPSA) is 62.6 Å². The number of piperazine rings is 1. The Bertz CT molecular complexity index is 452. The highest BCUT2D eigenvalue weighted by Gasteiger charge is 2.22. The van der Waals surface area contributed by atoms with E-state index in [4.69, 9.17) is 4.74 Å². The first-order valence-electron chi connectivity index (χ1n) is 7.41. The molecule has 118 valence electrons. The number of aromatic nitrogens is 2. The van der Waals surface area contributed by atoms with Crippen LogP contribution in [-0.2, 0) is 11.3 Å². The Labute approximate surface area is 125 Å². The SMILES string of the molecule is COCCn1cc(NC(=O)N2CCN(C(C)C)CC2)cn1. The van der Waals surface area contributed by atoms with Crippen LogP contribution in [0.1, 0.15) is 13.8 Å². The number of ether oxygens (including phenoxy) is 1. The van der Waals surface area contributed by atoms with Gasteiger partial charge in [-0.3, -0.25) is 9.58 Å². The van der Waals surface area contributed by atoms with Crippen molar-refractivity contribution in [3.63, 3.8) is 0 Å². The molecule has 0 unspecified atom stereocenters. The zero-order valence-corrected chi connectivity index (χ0v) is 13.1. The second-order valence-electron chi connectivity index (χ2n) is 5.53. The number of amides is 2. The maximum atomic E-state index is 12.2. The molecule has 1 saturated heterocycles. The molecule has 0 spiro atoms. The van der Waals surface area contributed by atoms with Gasteiger partial charge in [0.15, 0.2) is 0 Å². The van der Waals surface area contributed by atoms with Crippen molar-refractivity contribution in [3.05, 3.63) is 12.4 Å². The van der Waals surface area contributed by atoms with E-state index in [0.29, 0.717) is 19.2 Å². The molecule has 0 saturated carbocycles. The molecule has 2 heterocycles. The highest BCUT2D eigenvalue weighted by molar-refractivity contribution is 5.89. The van der Waals surface area contributed by atoms with Gasteiger partial charge in [-0.05, 0) is 13.8 Å². The molecular formula is C14H25N5O2. The Kier molecular flexibility index (Phi) is 5.58. The summed E-state index contributed by atoms with van der Waals surface area (Å²) in [6.07, 6.45) is 3.49. The third-order valence-electron chi connectivity index (χ3n) is 3.74. The lowest BCUT2D eigenvalue weighted by atomic mass is 10.2. The van der Waals surface area contributed by atoms with Crippen LogP contribution in [0.15, 0.2) is 12.4 Å². The highest BCUT2D eigenvalue weighted by Crippen LogP contribution is 2.10. The molecule has 1 aliphatic rings. The van der Waals surface area contributed by atoms with Gasteiger partial charge in [0.25, 0.3) is 0 Å². The molecule has 7 heteroatoms. The van der Waals surface area contributed by atoms with Gasteiger partial charge >= 0.3 is 6.03 Å². The minimum atomic E-state index is -0.0512. The highest BCUT2D eigenvalue weighted by atomic mass is 16.5. The minimum absolute atomic E-state index is 0.0512.